The summed E-state index contributed by atoms with van der Waals surface area (Å²) < 4.78 is 0.782. The molecule has 1 aliphatic rings. The van der Waals surface area contributed by atoms with E-state index in [1.165, 1.54) is 6.42 Å². The van der Waals surface area contributed by atoms with Crippen molar-refractivity contribution in [1.29, 1.82) is 0 Å². The number of nitrogen functional groups attached to an aromatic ring is 1. The molecule has 1 amide bonds. The number of anilines is 1. The summed E-state index contributed by atoms with van der Waals surface area (Å²) in [5, 5.41) is 0. The van der Waals surface area contributed by atoms with Gasteiger partial charge in [-0.3, -0.25) is 4.79 Å². The molecule has 5 nitrogen and oxygen atoms in total. The van der Waals surface area contributed by atoms with Crippen LogP contribution >= 0.6 is 15.9 Å². The largest absolute Gasteiger partial charge is 0.398 e. The second-order valence-electron chi connectivity index (χ2n) is 5.77. The molecule has 1 saturated carbocycles. The first-order valence-electron chi connectivity index (χ1n) is 7.55. The standard InChI is InChI=1S/C16H21BrN2O3/c1-10(11-5-3-2-4-6-11)16(21)22-19-15(20)13-8-7-12(17)9-14(13)18/h7-11H,2-6,18H2,1H3,(H,19,20)/t10-/m0/s1. The van der Waals surface area contributed by atoms with Crippen molar-refractivity contribution in [3.8, 4) is 0 Å². The molecule has 0 radical (unpaired) electrons. The van der Waals surface area contributed by atoms with Gasteiger partial charge in [0.1, 0.15) is 0 Å². The van der Waals surface area contributed by atoms with Gasteiger partial charge in [-0.15, -0.1) is 0 Å². The van der Waals surface area contributed by atoms with Gasteiger partial charge in [0.15, 0.2) is 0 Å². The Morgan fingerprint density at radius 2 is 2.00 bits per heavy atom. The predicted molar refractivity (Wildman–Crippen MR) is 87.9 cm³/mol. The third kappa shape index (κ3) is 4.22. The number of carbonyl (C=O) groups excluding carboxylic acids is 2. The Kier molecular flexibility index (Phi) is 5.83. The van der Waals surface area contributed by atoms with E-state index in [0.717, 1.165) is 30.2 Å². The number of hydroxylamine groups is 1. The maximum atomic E-state index is 12.0. The van der Waals surface area contributed by atoms with E-state index in [9.17, 15) is 9.59 Å². The Morgan fingerprint density at radius 1 is 1.32 bits per heavy atom. The smallest absolute Gasteiger partial charge is 0.335 e. The molecule has 0 heterocycles. The molecule has 3 N–H and O–H groups in total. The minimum atomic E-state index is -0.519. The summed E-state index contributed by atoms with van der Waals surface area (Å²) in [7, 11) is 0. The second kappa shape index (κ2) is 7.63. The lowest BCUT2D eigenvalue weighted by Gasteiger charge is -2.25. The van der Waals surface area contributed by atoms with Crippen LogP contribution in [0.5, 0.6) is 0 Å². The van der Waals surface area contributed by atoms with Crippen molar-refractivity contribution in [3.05, 3.63) is 28.2 Å². The first-order chi connectivity index (χ1) is 10.5. The zero-order chi connectivity index (χ0) is 16.1. The zero-order valence-electron chi connectivity index (χ0n) is 12.6. The van der Waals surface area contributed by atoms with Gasteiger partial charge in [-0.05, 0) is 37.0 Å². The van der Waals surface area contributed by atoms with E-state index in [2.05, 4.69) is 21.4 Å². The van der Waals surface area contributed by atoms with Crippen LogP contribution in [0, 0.1) is 11.8 Å². The number of hydrogen-bond donors (Lipinski definition) is 2. The third-order valence-electron chi connectivity index (χ3n) is 4.23. The monoisotopic (exact) mass is 368 g/mol. The molecule has 0 aromatic heterocycles. The van der Waals surface area contributed by atoms with E-state index in [1.807, 2.05) is 6.92 Å². The topological polar surface area (TPSA) is 81.4 Å². The number of carbonyl (C=O) groups is 2. The Balaban J connectivity index is 1.88. The molecule has 1 aliphatic carbocycles. The number of nitrogens with one attached hydrogen (secondary N) is 1. The van der Waals surface area contributed by atoms with E-state index in [1.54, 1.807) is 18.2 Å². The van der Waals surface area contributed by atoms with Crippen LogP contribution in [0.2, 0.25) is 0 Å². The summed E-state index contributed by atoms with van der Waals surface area (Å²) in [6.45, 7) is 1.86. The van der Waals surface area contributed by atoms with Gasteiger partial charge < -0.3 is 10.6 Å². The molecular weight excluding hydrogens is 348 g/mol. The van der Waals surface area contributed by atoms with Gasteiger partial charge in [0.25, 0.3) is 5.91 Å². The molecule has 2 rings (SSSR count). The fraction of sp³-hybridized carbons (Fsp3) is 0.500. The van der Waals surface area contributed by atoms with E-state index in [0.29, 0.717) is 11.6 Å². The Bertz CT molecular complexity index is 556. The lowest BCUT2D eigenvalue weighted by atomic mass is 9.81. The molecule has 120 valence electrons. The Morgan fingerprint density at radius 3 is 2.64 bits per heavy atom. The van der Waals surface area contributed by atoms with E-state index >= 15 is 0 Å². The first kappa shape index (κ1) is 16.8. The molecule has 0 aliphatic heterocycles. The summed E-state index contributed by atoms with van der Waals surface area (Å²) in [6.07, 6.45) is 5.64. The van der Waals surface area contributed by atoms with Gasteiger partial charge in [0.05, 0.1) is 11.5 Å². The van der Waals surface area contributed by atoms with Gasteiger partial charge >= 0.3 is 5.97 Å². The summed E-state index contributed by atoms with van der Waals surface area (Å²) >= 11 is 3.27. The molecule has 0 spiro atoms. The highest BCUT2D eigenvalue weighted by Crippen LogP contribution is 2.30. The van der Waals surface area contributed by atoms with Crippen molar-refractivity contribution in [2.24, 2.45) is 11.8 Å². The van der Waals surface area contributed by atoms with Crippen LogP contribution in [-0.4, -0.2) is 11.9 Å². The average Bonchev–Trinajstić information content (AvgIpc) is 2.52. The zero-order valence-corrected chi connectivity index (χ0v) is 14.2. The fourth-order valence-corrected chi connectivity index (χ4v) is 3.19. The minimum absolute atomic E-state index is 0.206. The highest BCUT2D eigenvalue weighted by molar-refractivity contribution is 9.10. The molecule has 0 bridgehead atoms. The van der Waals surface area contributed by atoms with Crippen molar-refractivity contribution < 1.29 is 14.4 Å². The molecule has 0 unspecified atom stereocenters. The Labute approximate surface area is 138 Å². The van der Waals surface area contributed by atoms with E-state index in [4.69, 9.17) is 10.6 Å². The molecule has 6 heteroatoms. The van der Waals surface area contributed by atoms with Gasteiger partial charge in [-0.1, -0.05) is 42.1 Å². The third-order valence-corrected chi connectivity index (χ3v) is 4.72. The first-order valence-corrected chi connectivity index (χ1v) is 8.34. The van der Waals surface area contributed by atoms with Crippen LogP contribution in [0.4, 0.5) is 5.69 Å². The second-order valence-corrected chi connectivity index (χ2v) is 6.69. The maximum Gasteiger partial charge on any atom is 0.335 e. The van der Waals surface area contributed by atoms with Gasteiger partial charge in [0, 0.05) is 10.2 Å². The molecule has 0 saturated heterocycles. The molecule has 1 aromatic carbocycles. The average molecular weight is 369 g/mol. The number of benzene rings is 1. The maximum absolute atomic E-state index is 12.0. The van der Waals surface area contributed by atoms with Crippen molar-refractivity contribution in [2.75, 3.05) is 5.73 Å². The quantitative estimate of drug-likeness (QED) is 0.632. The molecule has 1 aromatic rings. The fourth-order valence-electron chi connectivity index (χ4n) is 2.81. The number of nitrogens with two attached hydrogens (primary N) is 1. The Hall–Kier alpha value is -1.56. The number of halogens is 1. The molecular formula is C16H21BrN2O3. The summed E-state index contributed by atoms with van der Waals surface area (Å²) in [4.78, 5) is 29.0. The summed E-state index contributed by atoms with van der Waals surface area (Å²) in [6, 6.07) is 4.91. The van der Waals surface area contributed by atoms with Crippen LogP contribution in [0.15, 0.2) is 22.7 Å². The van der Waals surface area contributed by atoms with E-state index < -0.39 is 11.9 Å². The minimum Gasteiger partial charge on any atom is -0.398 e. The van der Waals surface area contributed by atoms with Crippen molar-refractivity contribution in [2.45, 2.75) is 39.0 Å². The molecule has 1 atom stereocenters. The highest BCUT2D eigenvalue weighted by Gasteiger charge is 2.27. The number of rotatable bonds is 3. The van der Waals surface area contributed by atoms with Gasteiger partial charge in [0.2, 0.25) is 0 Å². The van der Waals surface area contributed by atoms with Crippen LogP contribution in [-0.2, 0) is 9.63 Å². The van der Waals surface area contributed by atoms with E-state index in [-0.39, 0.29) is 11.5 Å². The summed E-state index contributed by atoms with van der Waals surface area (Å²) in [5.74, 6) is -0.774. The van der Waals surface area contributed by atoms with Crippen molar-refractivity contribution in [3.63, 3.8) is 0 Å². The molecule has 22 heavy (non-hydrogen) atoms. The van der Waals surface area contributed by atoms with Crippen LogP contribution in [0.25, 0.3) is 0 Å². The number of hydrogen-bond acceptors (Lipinski definition) is 4. The predicted octanol–water partition coefficient (Wildman–Crippen LogP) is 3.44. The van der Waals surface area contributed by atoms with Gasteiger partial charge in [-0.2, -0.15) is 5.48 Å². The normalized spacial score (nSPS) is 16.8. The SMILES string of the molecule is C[C@H](C(=O)ONC(=O)c1ccc(Br)cc1N)C1CCCCC1. The highest BCUT2D eigenvalue weighted by atomic mass is 79.9. The van der Waals surface area contributed by atoms with Crippen LogP contribution < -0.4 is 11.2 Å². The number of amides is 1. The molecule has 1 fully saturated rings. The lowest BCUT2D eigenvalue weighted by molar-refractivity contribution is -0.155. The summed E-state index contributed by atoms with van der Waals surface area (Å²) in [5.41, 5.74) is 8.57. The van der Waals surface area contributed by atoms with Crippen LogP contribution in [0.3, 0.4) is 0 Å². The van der Waals surface area contributed by atoms with Crippen LogP contribution in [0.1, 0.15) is 49.4 Å². The lowest BCUT2D eigenvalue weighted by Crippen LogP contribution is -2.33. The van der Waals surface area contributed by atoms with Crippen molar-refractivity contribution >= 4 is 33.5 Å². The van der Waals surface area contributed by atoms with Gasteiger partial charge in [-0.25, -0.2) is 4.79 Å². The van der Waals surface area contributed by atoms with Crippen molar-refractivity contribution in [1.82, 2.24) is 5.48 Å².